The number of hydrogen-bond donors (Lipinski definition) is 1. The van der Waals surface area contributed by atoms with E-state index < -0.39 is 11.5 Å². The maximum Gasteiger partial charge on any atom is 0.329 e. The number of ether oxygens (including phenoxy) is 1. The lowest BCUT2D eigenvalue weighted by Crippen LogP contribution is -2.54. The van der Waals surface area contributed by atoms with Gasteiger partial charge in [-0.3, -0.25) is 14.5 Å². The predicted octanol–water partition coefficient (Wildman–Crippen LogP) is 1.64. The Morgan fingerprint density at radius 2 is 2.17 bits per heavy atom. The molecule has 2 aliphatic heterocycles. The third-order valence-corrected chi connectivity index (χ3v) is 5.05. The predicted molar refractivity (Wildman–Crippen MR) is 89.0 cm³/mol. The third kappa shape index (κ3) is 2.75. The molecule has 1 saturated heterocycles. The lowest BCUT2D eigenvalue weighted by atomic mass is 9.99. The molecule has 24 heavy (non-hydrogen) atoms. The second-order valence-corrected chi connectivity index (χ2v) is 7.02. The molecule has 8 heteroatoms. The summed E-state index contributed by atoms with van der Waals surface area (Å²) in [6, 6.07) is 5.19. The Morgan fingerprint density at radius 3 is 2.88 bits per heavy atom. The van der Waals surface area contributed by atoms with E-state index in [9.17, 15) is 19.5 Å². The van der Waals surface area contributed by atoms with Crippen LogP contribution in [0.2, 0.25) is 0 Å². The van der Waals surface area contributed by atoms with Crippen LogP contribution in [0.5, 0.6) is 5.75 Å². The van der Waals surface area contributed by atoms with Crippen LogP contribution in [0.4, 0.5) is 5.69 Å². The number of aliphatic carboxylic acids is 1. The molecule has 0 bridgehead atoms. The van der Waals surface area contributed by atoms with Crippen molar-refractivity contribution in [3.8, 4) is 5.75 Å². The molecule has 1 unspecified atom stereocenters. The fourth-order valence-corrected chi connectivity index (χ4v) is 3.50. The van der Waals surface area contributed by atoms with Crippen LogP contribution in [0.25, 0.3) is 0 Å². The Bertz CT molecular complexity index is 722. The molecule has 1 atom stereocenters. The van der Waals surface area contributed by atoms with Crippen molar-refractivity contribution in [1.29, 1.82) is 0 Å². The summed E-state index contributed by atoms with van der Waals surface area (Å²) in [7, 11) is 0. The molecule has 3 rings (SSSR count). The van der Waals surface area contributed by atoms with E-state index in [1.807, 2.05) is 0 Å². The largest absolute Gasteiger partial charge is 0.482 e. The van der Waals surface area contributed by atoms with Crippen molar-refractivity contribution in [3.63, 3.8) is 0 Å². The fraction of sp³-hybridized carbons (Fsp3) is 0.438. The molecule has 2 aliphatic rings. The molecule has 1 aromatic rings. The molecule has 0 spiro atoms. The van der Waals surface area contributed by atoms with Gasteiger partial charge in [0.15, 0.2) is 6.61 Å². The molecule has 128 valence electrons. The second kappa shape index (κ2) is 6.08. The van der Waals surface area contributed by atoms with Gasteiger partial charge in [0, 0.05) is 11.0 Å². The van der Waals surface area contributed by atoms with Gasteiger partial charge in [-0.1, -0.05) is 15.9 Å². The van der Waals surface area contributed by atoms with Crippen molar-refractivity contribution < 1.29 is 24.2 Å². The minimum Gasteiger partial charge on any atom is -0.482 e. The van der Waals surface area contributed by atoms with E-state index in [1.165, 1.54) is 9.80 Å². The zero-order valence-corrected chi connectivity index (χ0v) is 14.7. The molecule has 0 aliphatic carbocycles. The highest BCUT2D eigenvalue weighted by atomic mass is 79.9. The highest BCUT2D eigenvalue weighted by Gasteiger charge is 2.46. The van der Waals surface area contributed by atoms with Gasteiger partial charge in [0.25, 0.3) is 5.91 Å². The summed E-state index contributed by atoms with van der Waals surface area (Å²) < 4.78 is 6.20. The summed E-state index contributed by atoms with van der Waals surface area (Å²) in [5.74, 6) is -1.21. The molecule has 1 N–H and O–H groups in total. The highest BCUT2D eigenvalue weighted by molar-refractivity contribution is 9.10. The van der Waals surface area contributed by atoms with Crippen molar-refractivity contribution in [3.05, 3.63) is 22.7 Å². The number of likely N-dealkylation sites (tertiary alicyclic amines) is 1. The Balaban J connectivity index is 1.85. The van der Waals surface area contributed by atoms with Crippen molar-refractivity contribution in [1.82, 2.24) is 4.90 Å². The van der Waals surface area contributed by atoms with E-state index in [4.69, 9.17) is 4.74 Å². The van der Waals surface area contributed by atoms with Crippen LogP contribution in [-0.2, 0) is 14.4 Å². The Kier molecular flexibility index (Phi) is 4.25. The molecule has 0 aromatic heterocycles. The molecule has 2 heterocycles. The maximum atomic E-state index is 12.7. The molecule has 2 amide bonds. The van der Waals surface area contributed by atoms with Crippen LogP contribution in [0.15, 0.2) is 22.7 Å². The number of hydrogen-bond acceptors (Lipinski definition) is 4. The van der Waals surface area contributed by atoms with Gasteiger partial charge in [0.2, 0.25) is 5.91 Å². The summed E-state index contributed by atoms with van der Waals surface area (Å²) in [6.45, 7) is 1.59. The number of amides is 2. The number of fused-ring (bicyclic) bond motifs is 1. The van der Waals surface area contributed by atoms with Crippen LogP contribution in [0.1, 0.15) is 19.8 Å². The van der Waals surface area contributed by atoms with Gasteiger partial charge in [-0.05, 0) is 38.0 Å². The number of carboxylic acids is 1. The molecular formula is C16H17BrN2O5. The zero-order valence-electron chi connectivity index (χ0n) is 13.1. The van der Waals surface area contributed by atoms with Crippen molar-refractivity contribution in [2.45, 2.75) is 25.3 Å². The van der Waals surface area contributed by atoms with E-state index in [2.05, 4.69) is 15.9 Å². The zero-order chi connectivity index (χ0) is 17.5. The number of carbonyl (C=O) groups is 3. The molecule has 0 radical (unpaired) electrons. The Morgan fingerprint density at radius 1 is 1.42 bits per heavy atom. The molecular weight excluding hydrogens is 380 g/mol. The van der Waals surface area contributed by atoms with Gasteiger partial charge in [-0.15, -0.1) is 0 Å². The maximum absolute atomic E-state index is 12.7. The van der Waals surface area contributed by atoms with Crippen molar-refractivity contribution in [2.24, 2.45) is 0 Å². The average molecular weight is 397 g/mol. The lowest BCUT2D eigenvalue weighted by Gasteiger charge is -2.34. The number of carbonyl (C=O) groups excluding carboxylic acids is 2. The number of rotatable bonds is 3. The van der Waals surface area contributed by atoms with Crippen molar-refractivity contribution in [2.75, 3.05) is 24.6 Å². The van der Waals surface area contributed by atoms with Crippen molar-refractivity contribution >= 4 is 39.4 Å². The van der Waals surface area contributed by atoms with Gasteiger partial charge in [0.1, 0.15) is 17.8 Å². The summed E-state index contributed by atoms with van der Waals surface area (Å²) in [5.41, 5.74) is -0.700. The van der Waals surface area contributed by atoms with E-state index in [1.54, 1.807) is 25.1 Å². The van der Waals surface area contributed by atoms with Crippen LogP contribution in [-0.4, -0.2) is 53.0 Å². The first-order valence-electron chi connectivity index (χ1n) is 7.59. The second-order valence-electron chi connectivity index (χ2n) is 6.11. The number of anilines is 1. The molecule has 0 saturated carbocycles. The van der Waals surface area contributed by atoms with E-state index in [0.717, 1.165) is 4.47 Å². The van der Waals surface area contributed by atoms with Crippen LogP contribution in [0.3, 0.4) is 0 Å². The van der Waals surface area contributed by atoms with Gasteiger partial charge >= 0.3 is 5.97 Å². The quantitative estimate of drug-likeness (QED) is 0.838. The van der Waals surface area contributed by atoms with E-state index in [-0.39, 0.29) is 25.0 Å². The van der Waals surface area contributed by atoms with E-state index in [0.29, 0.717) is 30.8 Å². The fourth-order valence-electron chi connectivity index (χ4n) is 3.16. The summed E-state index contributed by atoms with van der Waals surface area (Å²) in [4.78, 5) is 39.1. The number of carboxylic acid groups (broad SMARTS) is 1. The minimum absolute atomic E-state index is 0.146. The summed E-state index contributed by atoms with van der Waals surface area (Å²) in [5, 5.41) is 9.44. The third-order valence-electron chi connectivity index (χ3n) is 4.56. The number of halogens is 1. The lowest BCUT2D eigenvalue weighted by molar-refractivity contribution is -0.154. The first-order valence-corrected chi connectivity index (χ1v) is 8.39. The first-order chi connectivity index (χ1) is 11.3. The molecule has 1 aromatic carbocycles. The number of benzene rings is 1. The van der Waals surface area contributed by atoms with Gasteiger partial charge in [-0.25, -0.2) is 4.79 Å². The standard InChI is InChI=1S/C16H17BrN2O5/c1-16(15(22)23)5-2-6-19(16)13(20)8-18-11-4-3-10(17)7-12(11)24-9-14(18)21/h3-4,7H,2,5-6,8-9H2,1H3,(H,22,23). The van der Waals surface area contributed by atoms with Crippen LogP contribution >= 0.6 is 15.9 Å². The molecule has 1 fully saturated rings. The monoisotopic (exact) mass is 396 g/mol. The minimum atomic E-state index is -1.21. The van der Waals surface area contributed by atoms with Crippen LogP contribution < -0.4 is 9.64 Å². The normalized spacial score (nSPS) is 23.0. The average Bonchev–Trinajstić information content (AvgIpc) is 2.93. The summed E-state index contributed by atoms with van der Waals surface area (Å²) >= 11 is 3.34. The van der Waals surface area contributed by atoms with E-state index >= 15 is 0 Å². The SMILES string of the molecule is CC1(C(=O)O)CCCN1C(=O)CN1C(=O)COc2cc(Br)ccc21. The highest BCUT2D eigenvalue weighted by Crippen LogP contribution is 2.35. The van der Waals surface area contributed by atoms with Gasteiger partial charge < -0.3 is 14.7 Å². The Hall–Kier alpha value is -2.09. The molecule has 7 nitrogen and oxygen atoms in total. The first kappa shape index (κ1) is 16.8. The Labute approximate surface area is 147 Å². The number of nitrogens with zero attached hydrogens (tertiary/aromatic N) is 2. The van der Waals surface area contributed by atoms with Crippen LogP contribution in [0, 0.1) is 0 Å². The summed E-state index contributed by atoms with van der Waals surface area (Å²) in [6.07, 6.45) is 1.05. The topological polar surface area (TPSA) is 87.2 Å². The van der Waals surface area contributed by atoms with Gasteiger partial charge in [0.05, 0.1) is 5.69 Å². The smallest absolute Gasteiger partial charge is 0.329 e. The van der Waals surface area contributed by atoms with Gasteiger partial charge in [-0.2, -0.15) is 0 Å².